The second-order valence-corrected chi connectivity index (χ2v) is 10.2. The van der Waals surface area contributed by atoms with E-state index < -0.39 is 54.0 Å². The zero-order valence-corrected chi connectivity index (χ0v) is 22.6. The Morgan fingerprint density at radius 2 is 1.88 bits per heavy atom. The molecule has 2 atom stereocenters. The van der Waals surface area contributed by atoms with E-state index in [2.05, 4.69) is 15.0 Å². The maximum Gasteiger partial charge on any atom is 0.295 e. The number of alkyl halides is 4. The third-order valence-corrected chi connectivity index (χ3v) is 7.34. The molecule has 2 aromatic carbocycles. The Hall–Kier alpha value is -4.84. The Labute approximate surface area is 244 Å². The quantitative estimate of drug-likeness (QED) is 0.279. The summed E-state index contributed by atoms with van der Waals surface area (Å²) >= 11 is 6.31. The van der Waals surface area contributed by atoms with Crippen LogP contribution in [0.1, 0.15) is 42.3 Å². The summed E-state index contributed by atoms with van der Waals surface area (Å²) in [4.78, 5) is 39.9. The fraction of sp³-hybridized carbons (Fsp3) is 0.259. The highest BCUT2D eigenvalue weighted by Gasteiger charge is 2.40. The lowest BCUT2D eigenvalue weighted by atomic mass is 9.98. The number of carbonyl (C=O) groups is 1. The highest BCUT2D eigenvalue weighted by atomic mass is 35.5. The average Bonchev–Trinajstić information content (AvgIpc) is 3.35. The van der Waals surface area contributed by atoms with Gasteiger partial charge < -0.3 is 16.4 Å². The number of carbonyl (C=O) groups excluding carboxylic acids is 1. The van der Waals surface area contributed by atoms with Crippen LogP contribution in [0.3, 0.4) is 0 Å². The molecular weight excluding hydrogens is 599 g/mol. The third kappa shape index (κ3) is 5.53. The number of nitrogen functional groups attached to an aromatic ring is 2. The van der Waals surface area contributed by atoms with Gasteiger partial charge in [-0.05, 0) is 42.7 Å². The molecule has 1 aliphatic rings. The molecule has 4 N–H and O–H groups in total. The molecule has 0 saturated carbocycles. The summed E-state index contributed by atoms with van der Waals surface area (Å²) in [7, 11) is 0. The van der Waals surface area contributed by atoms with E-state index in [1.54, 1.807) is 0 Å². The first-order chi connectivity index (χ1) is 20.4. The predicted molar refractivity (Wildman–Crippen MR) is 147 cm³/mol. The fourth-order valence-corrected chi connectivity index (χ4v) is 5.50. The predicted octanol–water partition coefficient (Wildman–Crippen LogP) is 4.73. The number of anilines is 3. The minimum Gasteiger partial charge on any atom is -0.382 e. The van der Waals surface area contributed by atoms with Crippen molar-refractivity contribution in [2.45, 2.75) is 31.7 Å². The number of nitriles is 1. The molecule has 4 aromatic rings. The van der Waals surface area contributed by atoms with Crippen molar-refractivity contribution in [3.8, 4) is 11.8 Å². The number of aromatic nitrogens is 4. The third-order valence-electron chi connectivity index (χ3n) is 7.03. The molecule has 1 aliphatic heterocycles. The minimum absolute atomic E-state index is 0.0208. The van der Waals surface area contributed by atoms with E-state index in [1.807, 2.05) is 6.07 Å². The van der Waals surface area contributed by atoms with Gasteiger partial charge in [-0.3, -0.25) is 14.2 Å². The van der Waals surface area contributed by atoms with E-state index in [0.717, 1.165) is 16.7 Å². The lowest BCUT2D eigenvalue weighted by Crippen LogP contribution is -2.33. The van der Waals surface area contributed by atoms with Crippen molar-refractivity contribution in [2.24, 2.45) is 5.92 Å². The molecule has 0 radical (unpaired) electrons. The summed E-state index contributed by atoms with van der Waals surface area (Å²) in [5, 5.41) is 9.70. The molecular formula is C27H20ClF5N8O2. The lowest BCUT2D eigenvalue weighted by molar-refractivity contribution is -0.130. The summed E-state index contributed by atoms with van der Waals surface area (Å²) in [6.45, 7) is -0.150. The van der Waals surface area contributed by atoms with Crippen LogP contribution in [0.2, 0.25) is 5.02 Å². The molecule has 10 nitrogen and oxygen atoms in total. The fourth-order valence-electron chi connectivity index (χ4n) is 5.25. The van der Waals surface area contributed by atoms with Gasteiger partial charge in [-0.1, -0.05) is 17.7 Å². The lowest BCUT2D eigenvalue weighted by Gasteiger charge is -2.28. The van der Waals surface area contributed by atoms with E-state index in [4.69, 9.17) is 23.1 Å². The molecule has 1 fully saturated rings. The smallest absolute Gasteiger partial charge is 0.295 e. The molecule has 43 heavy (non-hydrogen) atoms. The van der Waals surface area contributed by atoms with Crippen molar-refractivity contribution in [2.75, 3.05) is 22.9 Å². The van der Waals surface area contributed by atoms with E-state index in [1.165, 1.54) is 23.1 Å². The molecule has 222 valence electrons. The van der Waals surface area contributed by atoms with Gasteiger partial charge in [0, 0.05) is 18.5 Å². The largest absolute Gasteiger partial charge is 0.382 e. The molecule has 16 heteroatoms. The number of hydrogen-bond acceptors (Lipinski definition) is 9. The second kappa shape index (κ2) is 11.4. The number of benzene rings is 2. The Morgan fingerprint density at radius 1 is 1.14 bits per heavy atom. The zero-order chi connectivity index (χ0) is 31.2. The Kier molecular flexibility index (Phi) is 7.89. The summed E-state index contributed by atoms with van der Waals surface area (Å²) in [6, 6.07) is 7.50. The molecule has 0 bridgehead atoms. The maximum absolute atomic E-state index is 14.6. The van der Waals surface area contributed by atoms with Gasteiger partial charge >= 0.3 is 0 Å². The van der Waals surface area contributed by atoms with Crippen LogP contribution in [-0.2, 0) is 4.79 Å². The van der Waals surface area contributed by atoms with Crippen LogP contribution in [0.25, 0.3) is 16.6 Å². The van der Waals surface area contributed by atoms with E-state index in [9.17, 15) is 36.8 Å². The second-order valence-electron chi connectivity index (χ2n) is 9.81. The van der Waals surface area contributed by atoms with Crippen LogP contribution >= 0.6 is 11.6 Å². The highest BCUT2D eigenvalue weighted by molar-refractivity contribution is 6.35. The summed E-state index contributed by atoms with van der Waals surface area (Å²) in [6.07, 6.45) is -7.01. The molecule has 2 aromatic heterocycles. The first-order valence-corrected chi connectivity index (χ1v) is 13.0. The molecule has 0 amide bonds. The number of fused-ring (bicyclic) bond motifs is 1. The Morgan fingerprint density at radius 3 is 2.56 bits per heavy atom. The Balaban J connectivity index is 1.81. The van der Waals surface area contributed by atoms with Gasteiger partial charge in [0.1, 0.15) is 29.1 Å². The van der Waals surface area contributed by atoms with Gasteiger partial charge in [0.2, 0.25) is 5.95 Å². The first kappa shape index (κ1) is 29.6. The Bertz CT molecular complexity index is 1860. The van der Waals surface area contributed by atoms with Crippen molar-refractivity contribution in [1.29, 1.82) is 5.26 Å². The van der Waals surface area contributed by atoms with Crippen LogP contribution in [0.5, 0.6) is 0 Å². The SMILES string of the molecule is N#Cc1c(N)nc(N)nc1N1C[C@H](CC(=O)C(F)F)C[C@H]1c1nc2cccc(Cl)c2c(=O)n1-c1cc(F)cc(C(F)F)c1. The standard InChI is InChI=1S/C27H20ClF5N8O2/c28-16-2-1-3-17-20(16)26(43)41(14-7-12(21(30)31)6-13(29)8-14)25(37-17)18-4-11(5-19(42)22(32)33)10-40(18)24-15(9-34)23(35)38-27(36)39-24/h1-3,6-8,11,18,21-22H,4-5,10H2,(H4,35,36,38,39)/t11-,18-/m0/s1. The normalized spacial score (nSPS) is 16.8. The van der Waals surface area contributed by atoms with Crippen molar-refractivity contribution in [3.05, 3.63) is 74.5 Å². The average molecular weight is 619 g/mol. The molecule has 0 aliphatic carbocycles. The van der Waals surface area contributed by atoms with E-state index in [0.29, 0.717) is 6.07 Å². The number of hydrogen-bond donors (Lipinski definition) is 2. The topological polar surface area (TPSA) is 157 Å². The summed E-state index contributed by atoms with van der Waals surface area (Å²) in [5.74, 6) is -4.11. The molecule has 3 heterocycles. The minimum atomic E-state index is -3.24. The van der Waals surface area contributed by atoms with Gasteiger partial charge in [0.05, 0.1) is 27.7 Å². The number of ketones is 1. The van der Waals surface area contributed by atoms with Crippen molar-refractivity contribution in [3.63, 3.8) is 0 Å². The molecule has 0 spiro atoms. The first-order valence-electron chi connectivity index (χ1n) is 12.6. The number of nitrogens with zero attached hydrogens (tertiary/aromatic N) is 6. The number of nitrogens with two attached hydrogens (primary N) is 2. The van der Waals surface area contributed by atoms with Crippen LogP contribution in [0.4, 0.5) is 39.5 Å². The molecule has 1 saturated heterocycles. The summed E-state index contributed by atoms with van der Waals surface area (Å²) in [5.41, 5.74) is 9.67. The van der Waals surface area contributed by atoms with Crippen molar-refractivity contribution >= 4 is 45.9 Å². The summed E-state index contributed by atoms with van der Waals surface area (Å²) < 4.78 is 69.3. The number of halogens is 6. The monoisotopic (exact) mass is 618 g/mol. The van der Waals surface area contributed by atoms with Crippen LogP contribution < -0.4 is 21.9 Å². The molecule has 0 unspecified atom stereocenters. The van der Waals surface area contributed by atoms with Crippen LogP contribution in [0.15, 0.2) is 41.2 Å². The van der Waals surface area contributed by atoms with E-state index in [-0.39, 0.29) is 63.6 Å². The maximum atomic E-state index is 14.6. The van der Waals surface area contributed by atoms with Crippen LogP contribution in [-0.4, -0.2) is 38.3 Å². The van der Waals surface area contributed by atoms with Crippen molar-refractivity contribution in [1.82, 2.24) is 19.5 Å². The zero-order valence-electron chi connectivity index (χ0n) is 21.8. The van der Waals surface area contributed by atoms with Gasteiger partial charge in [0.25, 0.3) is 18.4 Å². The number of Topliss-reactive ketones (excluding diaryl/α,β-unsaturated/α-hetero) is 1. The van der Waals surface area contributed by atoms with Gasteiger partial charge in [-0.2, -0.15) is 15.2 Å². The van der Waals surface area contributed by atoms with Crippen molar-refractivity contribution < 1.29 is 26.7 Å². The number of rotatable bonds is 7. The van der Waals surface area contributed by atoms with Crippen LogP contribution in [0, 0.1) is 23.1 Å². The highest BCUT2D eigenvalue weighted by Crippen LogP contribution is 2.42. The van der Waals surface area contributed by atoms with E-state index >= 15 is 0 Å². The van der Waals surface area contributed by atoms with Gasteiger partial charge in [-0.25, -0.2) is 26.9 Å². The van der Waals surface area contributed by atoms with Gasteiger partial charge in [0.15, 0.2) is 11.6 Å². The molecule has 5 rings (SSSR count). The van der Waals surface area contributed by atoms with Gasteiger partial charge in [-0.15, -0.1) is 0 Å².